The third-order valence-corrected chi connectivity index (χ3v) is 8.08. The molecular formula is C18H27NO2SSi. The molecule has 3 nitrogen and oxygen atoms in total. The smallest absolute Gasteiger partial charge is 0.207 e. The van der Waals surface area contributed by atoms with Gasteiger partial charge in [0.1, 0.15) is 0 Å². The zero-order valence-corrected chi connectivity index (χ0v) is 16.4. The Labute approximate surface area is 141 Å². The van der Waals surface area contributed by atoms with Crippen LogP contribution in [0.5, 0.6) is 0 Å². The Bertz CT molecular complexity index is 718. The quantitative estimate of drug-likeness (QED) is 0.775. The standard InChI is InChI=1S/C18H27NO2SSi/c1-15-5-7-17(8-6-15)22(20,21)19-11-9-16-13-18(16,14-19)10-12-23(2,3)4/h5-8,10,12,16H,9,11,13-14H2,1-4H3/b12-10-. The molecule has 126 valence electrons. The maximum Gasteiger partial charge on any atom is 0.243 e. The number of sulfonamides is 1. The third-order valence-electron chi connectivity index (χ3n) is 5.05. The largest absolute Gasteiger partial charge is 0.243 e. The Morgan fingerprint density at radius 2 is 1.87 bits per heavy atom. The molecule has 2 atom stereocenters. The molecule has 5 heteroatoms. The summed E-state index contributed by atoms with van der Waals surface area (Å²) >= 11 is 0. The van der Waals surface area contributed by atoms with Crippen LogP contribution in [0.15, 0.2) is 40.9 Å². The first kappa shape index (κ1) is 16.9. The van der Waals surface area contributed by atoms with Gasteiger partial charge >= 0.3 is 0 Å². The van der Waals surface area contributed by atoms with E-state index >= 15 is 0 Å². The van der Waals surface area contributed by atoms with Crippen molar-refractivity contribution in [2.75, 3.05) is 13.1 Å². The molecule has 1 aliphatic heterocycles. The molecule has 3 rings (SSSR count). The van der Waals surface area contributed by atoms with Gasteiger partial charge in [-0.1, -0.05) is 49.1 Å². The fourth-order valence-electron chi connectivity index (χ4n) is 3.43. The first-order chi connectivity index (χ1) is 10.6. The fraction of sp³-hybridized carbons (Fsp3) is 0.556. The van der Waals surface area contributed by atoms with Gasteiger partial charge < -0.3 is 0 Å². The molecule has 1 heterocycles. The van der Waals surface area contributed by atoms with Crippen LogP contribution in [0.4, 0.5) is 0 Å². The van der Waals surface area contributed by atoms with E-state index in [0.29, 0.717) is 23.9 Å². The third kappa shape index (κ3) is 3.46. The van der Waals surface area contributed by atoms with Crippen LogP contribution in [-0.4, -0.2) is 33.9 Å². The van der Waals surface area contributed by atoms with Crippen LogP contribution in [-0.2, 0) is 10.0 Å². The maximum absolute atomic E-state index is 12.9. The molecule has 23 heavy (non-hydrogen) atoms. The van der Waals surface area contributed by atoms with E-state index < -0.39 is 18.1 Å². The summed E-state index contributed by atoms with van der Waals surface area (Å²) in [5.41, 5.74) is 3.57. The van der Waals surface area contributed by atoms with E-state index in [9.17, 15) is 8.42 Å². The minimum absolute atomic E-state index is 0.107. The summed E-state index contributed by atoms with van der Waals surface area (Å²) in [6, 6.07) is 7.21. The van der Waals surface area contributed by atoms with Gasteiger partial charge in [0.25, 0.3) is 0 Å². The van der Waals surface area contributed by atoms with Crippen molar-refractivity contribution in [2.45, 2.75) is 44.3 Å². The predicted molar refractivity (Wildman–Crippen MR) is 97.6 cm³/mol. The number of piperidine rings is 1. The van der Waals surface area contributed by atoms with Gasteiger partial charge in [-0.25, -0.2) is 8.42 Å². The van der Waals surface area contributed by atoms with Crippen LogP contribution in [0, 0.1) is 18.3 Å². The average Bonchev–Trinajstić information content (AvgIpc) is 3.19. The van der Waals surface area contributed by atoms with Crippen molar-refractivity contribution in [2.24, 2.45) is 11.3 Å². The number of rotatable bonds is 4. The number of fused-ring (bicyclic) bond motifs is 1. The summed E-state index contributed by atoms with van der Waals surface area (Å²) in [7, 11) is -4.61. The van der Waals surface area contributed by atoms with E-state index in [2.05, 4.69) is 31.4 Å². The first-order valence-corrected chi connectivity index (χ1v) is 13.4. The summed E-state index contributed by atoms with van der Waals surface area (Å²) < 4.78 is 27.5. The average molecular weight is 350 g/mol. The Balaban J connectivity index is 1.82. The van der Waals surface area contributed by atoms with E-state index in [4.69, 9.17) is 0 Å². The van der Waals surface area contributed by atoms with Gasteiger partial charge in [0, 0.05) is 18.5 Å². The normalized spacial score (nSPS) is 28.8. The van der Waals surface area contributed by atoms with Gasteiger partial charge in [-0.2, -0.15) is 4.31 Å². The topological polar surface area (TPSA) is 37.4 Å². The molecule has 2 unspecified atom stereocenters. The van der Waals surface area contributed by atoms with Crippen molar-refractivity contribution in [3.63, 3.8) is 0 Å². The van der Waals surface area contributed by atoms with E-state index in [-0.39, 0.29) is 5.41 Å². The molecule has 0 radical (unpaired) electrons. The lowest BCUT2D eigenvalue weighted by Gasteiger charge is -2.31. The summed E-state index contributed by atoms with van der Waals surface area (Å²) in [6.07, 6.45) is 4.48. The van der Waals surface area contributed by atoms with Gasteiger partial charge in [-0.3, -0.25) is 0 Å². The maximum atomic E-state index is 12.9. The van der Waals surface area contributed by atoms with Crippen LogP contribution in [0.3, 0.4) is 0 Å². The highest BCUT2D eigenvalue weighted by Crippen LogP contribution is 2.59. The van der Waals surface area contributed by atoms with Crippen molar-refractivity contribution in [1.82, 2.24) is 4.31 Å². The lowest BCUT2D eigenvalue weighted by atomic mass is 9.99. The van der Waals surface area contributed by atoms with Gasteiger partial charge in [0.15, 0.2) is 0 Å². The summed E-state index contributed by atoms with van der Waals surface area (Å²) in [5.74, 6) is 0.680. The van der Waals surface area contributed by atoms with Crippen LogP contribution in [0.1, 0.15) is 18.4 Å². The van der Waals surface area contributed by atoms with Crippen molar-refractivity contribution in [3.8, 4) is 0 Å². The molecule has 0 aromatic heterocycles. The lowest BCUT2D eigenvalue weighted by Crippen LogP contribution is -2.40. The zero-order chi connectivity index (χ0) is 16.9. The zero-order valence-electron chi connectivity index (χ0n) is 14.5. The number of benzene rings is 1. The lowest BCUT2D eigenvalue weighted by molar-refractivity contribution is 0.291. The van der Waals surface area contributed by atoms with Crippen molar-refractivity contribution < 1.29 is 8.42 Å². The molecule has 0 bridgehead atoms. The molecular weight excluding hydrogens is 322 g/mol. The molecule has 0 N–H and O–H groups in total. The predicted octanol–water partition coefficient (Wildman–Crippen LogP) is 3.83. The summed E-state index contributed by atoms with van der Waals surface area (Å²) in [5, 5.41) is 0. The van der Waals surface area contributed by atoms with Crippen LogP contribution in [0.2, 0.25) is 19.6 Å². The molecule has 1 saturated carbocycles. The number of hydrogen-bond acceptors (Lipinski definition) is 2. The molecule has 1 aliphatic carbocycles. The van der Waals surface area contributed by atoms with E-state index in [1.165, 1.54) is 0 Å². The first-order valence-electron chi connectivity index (χ1n) is 8.40. The van der Waals surface area contributed by atoms with Crippen LogP contribution in [0.25, 0.3) is 0 Å². The second kappa shape index (κ2) is 5.57. The molecule has 2 aliphatic rings. The number of aryl methyl sites for hydroxylation is 1. The van der Waals surface area contributed by atoms with Crippen molar-refractivity contribution in [1.29, 1.82) is 0 Å². The van der Waals surface area contributed by atoms with Crippen LogP contribution < -0.4 is 0 Å². The van der Waals surface area contributed by atoms with Gasteiger partial charge in [-0.15, -0.1) is 0 Å². The SMILES string of the molecule is Cc1ccc(S(=O)(=O)N2CCC3CC3(/C=C\[Si](C)(C)C)C2)cc1. The highest BCUT2D eigenvalue weighted by molar-refractivity contribution is 7.89. The second-order valence-electron chi connectivity index (χ2n) is 8.27. The Hall–Kier alpha value is -0.913. The minimum Gasteiger partial charge on any atom is -0.207 e. The van der Waals surface area contributed by atoms with Gasteiger partial charge in [0.2, 0.25) is 10.0 Å². The Kier molecular flexibility index (Phi) is 4.10. The highest BCUT2D eigenvalue weighted by Gasteiger charge is 2.56. The Morgan fingerprint density at radius 3 is 2.48 bits per heavy atom. The van der Waals surface area contributed by atoms with Gasteiger partial charge in [-0.05, 0) is 37.8 Å². The number of nitrogens with zero attached hydrogens (tertiary/aromatic N) is 1. The van der Waals surface area contributed by atoms with Crippen molar-refractivity contribution in [3.05, 3.63) is 41.6 Å². The van der Waals surface area contributed by atoms with E-state index in [0.717, 1.165) is 18.4 Å². The minimum atomic E-state index is -3.37. The Morgan fingerprint density at radius 1 is 1.22 bits per heavy atom. The van der Waals surface area contributed by atoms with Crippen LogP contribution >= 0.6 is 0 Å². The van der Waals surface area contributed by atoms with Crippen molar-refractivity contribution >= 4 is 18.1 Å². The molecule has 1 aromatic rings. The second-order valence-corrected chi connectivity index (χ2v) is 15.3. The molecule has 2 fully saturated rings. The fourth-order valence-corrected chi connectivity index (χ4v) is 5.79. The monoisotopic (exact) mass is 349 g/mol. The number of hydrogen-bond donors (Lipinski definition) is 0. The summed E-state index contributed by atoms with van der Waals surface area (Å²) in [6.45, 7) is 10.2. The van der Waals surface area contributed by atoms with Gasteiger partial charge in [0.05, 0.1) is 13.0 Å². The van der Waals surface area contributed by atoms with E-state index in [1.54, 1.807) is 16.4 Å². The van der Waals surface area contributed by atoms with E-state index in [1.807, 2.05) is 19.1 Å². The molecule has 1 aromatic carbocycles. The highest BCUT2D eigenvalue weighted by atomic mass is 32.2. The summed E-state index contributed by atoms with van der Waals surface area (Å²) in [4.78, 5) is 0.423. The molecule has 0 amide bonds. The molecule has 1 saturated heterocycles. The molecule has 0 spiro atoms.